The Labute approximate surface area is 194 Å². The van der Waals surface area contributed by atoms with Gasteiger partial charge in [-0.3, -0.25) is 9.97 Å². The number of aromatic nitrogens is 2. The maximum Gasteiger partial charge on any atom is 0.231 e. The minimum absolute atomic E-state index is 0.0277. The molecule has 6 heteroatoms. The van der Waals surface area contributed by atoms with E-state index in [9.17, 15) is 0 Å². The summed E-state index contributed by atoms with van der Waals surface area (Å²) in [5.74, 6) is 0.846. The minimum Gasteiger partial charge on any atom is -0.493 e. The third-order valence-electron chi connectivity index (χ3n) is 5.85. The van der Waals surface area contributed by atoms with Crippen molar-refractivity contribution in [2.24, 2.45) is 5.11 Å². The van der Waals surface area contributed by atoms with Gasteiger partial charge in [0, 0.05) is 41.1 Å². The van der Waals surface area contributed by atoms with E-state index in [-0.39, 0.29) is 6.04 Å². The molecular formula is C27H28N5O+. The van der Waals surface area contributed by atoms with Crippen LogP contribution in [-0.2, 0) is 0 Å². The Balaban J connectivity index is 1.55. The van der Waals surface area contributed by atoms with Crippen LogP contribution in [0.4, 0.5) is 0 Å². The van der Waals surface area contributed by atoms with Gasteiger partial charge in [0.05, 0.1) is 23.4 Å². The van der Waals surface area contributed by atoms with Gasteiger partial charge in [0.1, 0.15) is 5.75 Å². The Morgan fingerprint density at radius 3 is 2.85 bits per heavy atom. The van der Waals surface area contributed by atoms with Crippen LogP contribution in [0.15, 0.2) is 78.2 Å². The molecule has 2 aliphatic rings. The van der Waals surface area contributed by atoms with Crippen LogP contribution in [0, 0.1) is 6.92 Å². The summed E-state index contributed by atoms with van der Waals surface area (Å²) < 4.78 is 7.99. The van der Waals surface area contributed by atoms with Crippen LogP contribution in [-0.4, -0.2) is 52.9 Å². The van der Waals surface area contributed by atoms with E-state index in [0.717, 1.165) is 57.8 Å². The van der Waals surface area contributed by atoms with E-state index in [0.29, 0.717) is 6.61 Å². The van der Waals surface area contributed by atoms with Gasteiger partial charge in [0.15, 0.2) is 11.9 Å². The van der Waals surface area contributed by atoms with Gasteiger partial charge in [-0.05, 0) is 69.4 Å². The highest BCUT2D eigenvalue weighted by Crippen LogP contribution is 2.40. The van der Waals surface area contributed by atoms with E-state index in [2.05, 4.69) is 48.3 Å². The normalized spacial score (nSPS) is 17.1. The van der Waals surface area contributed by atoms with Crippen LogP contribution < -0.4 is 4.74 Å². The van der Waals surface area contributed by atoms with Crippen LogP contribution in [0.3, 0.4) is 0 Å². The lowest BCUT2D eigenvalue weighted by Gasteiger charge is -2.13. The van der Waals surface area contributed by atoms with Gasteiger partial charge < -0.3 is 9.64 Å². The summed E-state index contributed by atoms with van der Waals surface area (Å²) in [4.78, 5) is 11.6. The van der Waals surface area contributed by atoms with Crippen molar-refractivity contribution in [2.45, 2.75) is 19.4 Å². The molecule has 3 aromatic rings. The third-order valence-corrected chi connectivity index (χ3v) is 5.85. The molecule has 4 heterocycles. The van der Waals surface area contributed by atoms with E-state index in [1.807, 2.05) is 60.4 Å². The highest BCUT2D eigenvalue weighted by molar-refractivity contribution is 6.01. The molecule has 0 saturated carbocycles. The zero-order valence-electron chi connectivity index (χ0n) is 19.3. The van der Waals surface area contributed by atoms with Gasteiger partial charge in [-0.1, -0.05) is 16.8 Å². The van der Waals surface area contributed by atoms with Crippen molar-refractivity contribution in [2.75, 3.05) is 27.2 Å². The number of pyridine rings is 2. The second-order valence-electron chi connectivity index (χ2n) is 8.62. The summed E-state index contributed by atoms with van der Waals surface area (Å²) in [5, 5.41) is 6.01. The molecule has 5 rings (SSSR count). The van der Waals surface area contributed by atoms with Gasteiger partial charge >= 0.3 is 0 Å². The first-order valence-corrected chi connectivity index (χ1v) is 11.3. The summed E-state index contributed by atoms with van der Waals surface area (Å²) in [6.45, 7) is 3.70. The summed E-state index contributed by atoms with van der Waals surface area (Å²) in [6, 6.07) is 14.4. The largest absolute Gasteiger partial charge is 0.493 e. The van der Waals surface area contributed by atoms with Crippen molar-refractivity contribution in [3.05, 3.63) is 90.0 Å². The van der Waals surface area contributed by atoms with E-state index in [1.165, 1.54) is 0 Å². The third kappa shape index (κ3) is 4.34. The van der Waals surface area contributed by atoms with Gasteiger partial charge in [0.2, 0.25) is 6.04 Å². The summed E-state index contributed by atoms with van der Waals surface area (Å²) in [6.07, 6.45) is 11.1. The lowest BCUT2D eigenvalue weighted by atomic mass is 9.92. The molecule has 1 aromatic carbocycles. The highest BCUT2D eigenvalue weighted by Gasteiger charge is 2.38. The fourth-order valence-electron chi connectivity index (χ4n) is 4.30. The maximum atomic E-state index is 5.98. The number of benzene rings is 1. The van der Waals surface area contributed by atoms with Crippen LogP contribution in [0.1, 0.15) is 23.4 Å². The molecule has 2 aromatic heterocycles. The molecule has 33 heavy (non-hydrogen) atoms. The van der Waals surface area contributed by atoms with E-state index >= 15 is 0 Å². The first kappa shape index (κ1) is 21.2. The first-order valence-electron chi connectivity index (χ1n) is 11.3. The first-order chi connectivity index (χ1) is 16.1. The molecule has 0 saturated heterocycles. The molecule has 1 unspecified atom stereocenters. The average molecular weight is 439 g/mol. The predicted molar refractivity (Wildman–Crippen MR) is 131 cm³/mol. The van der Waals surface area contributed by atoms with E-state index < -0.39 is 0 Å². The van der Waals surface area contributed by atoms with Gasteiger partial charge in [0.25, 0.3) is 0 Å². The lowest BCUT2D eigenvalue weighted by molar-refractivity contribution is -0.532. The number of hydrogen-bond acceptors (Lipinski definition) is 5. The van der Waals surface area contributed by atoms with Crippen LogP contribution in [0.25, 0.3) is 22.2 Å². The molecule has 0 N–H and O–H groups in total. The molecular weight excluding hydrogens is 410 g/mol. The smallest absolute Gasteiger partial charge is 0.231 e. The summed E-state index contributed by atoms with van der Waals surface area (Å²) >= 11 is 0. The number of allylic oxidation sites excluding steroid dienone is 2. The van der Waals surface area contributed by atoms with Crippen molar-refractivity contribution < 1.29 is 9.43 Å². The van der Waals surface area contributed by atoms with Crippen molar-refractivity contribution in [3.63, 3.8) is 0 Å². The number of ether oxygens (including phenoxy) is 1. The Morgan fingerprint density at radius 2 is 2.00 bits per heavy atom. The van der Waals surface area contributed by atoms with Crippen LogP contribution in [0.5, 0.6) is 5.75 Å². The number of aryl methyl sites for hydroxylation is 1. The molecule has 1 atom stereocenters. The van der Waals surface area contributed by atoms with Gasteiger partial charge in [-0.25, -0.2) is 0 Å². The molecule has 6 nitrogen and oxygen atoms in total. The quantitative estimate of drug-likeness (QED) is 0.382. The van der Waals surface area contributed by atoms with Crippen molar-refractivity contribution >= 4 is 22.2 Å². The molecule has 0 fully saturated rings. The Kier molecular flexibility index (Phi) is 5.84. The number of nitrogens with zero attached hydrogens (tertiary/aromatic N) is 5. The minimum atomic E-state index is 0.0277. The molecule has 0 radical (unpaired) electrons. The van der Waals surface area contributed by atoms with Crippen molar-refractivity contribution in [1.29, 1.82) is 0 Å². The Hall–Kier alpha value is -3.64. The molecule has 2 aliphatic heterocycles. The molecule has 0 amide bonds. The zero-order chi connectivity index (χ0) is 22.8. The van der Waals surface area contributed by atoms with E-state index in [4.69, 9.17) is 14.8 Å². The topological polar surface area (TPSA) is 53.6 Å². The number of azo groups is 2. The fraction of sp³-hybridized carbons (Fsp3) is 0.259. The number of hydrogen-bond donors (Lipinski definition) is 0. The molecule has 0 bridgehead atoms. The summed E-state index contributed by atoms with van der Waals surface area (Å²) in [7, 11) is 4.15. The van der Waals surface area contributed by atoms with Crippen molar-refractivity contribution in [1.82, 2.24) is 14.9 Å². The molecule has 0 aliphatic carbocycles. The van der Waals surface area contributed by atoms with Gasteiger partial charge in [-0.15, -0.1) is 0 Å². The zero-order valence-corrected chi connectivity index (χ0v) is 19.3. The highest BCUT2D eigenvalue weighted by atomic mass is 16.5. The average Bonchev–Trinajstić information content (AvgIpc) is 3.21. The second-order valence-corrected chi connectivity index (χ2v) is 8.62. The van der Waals surface area contributed by atoms with Crippen LogP contribution in [0.2, 0.25) is 0 Å². The van der Waals surface area contributed by atoms with Crippen LogP contribution >= 0.6 is 0 Å². The monoisotopic (exact) mass is 438 g/mol. The number of rotatable bonds is 7. The standard InChI is InChI=1S/C27H28N5O/c1-19-8-6-9-23(29-19)27-26(25-10-4-5-16-32(25)30-27)22-13-14-28-24-18-20(11-12-21(22)24)33-17-7-15-31(2)3/h4-6,8-14,16,18,25H,7,15,17H2,1-3H3/q+1. The summed E-state index contributed by atoms with van der Waals surface area (Å²) in [5.41, 5.74) is 5.93. The molecule has 0 spiro atoms. The Morgan fingerprint density at radius 1 is 1.09 bits per heavy atom. The Bertz CT molecular complexity index is 1320. The maximum absolute atomic E-state index is 5.98. The van der Waals surface area contributed by atoms with Gasteiger partial charge in [-0.2, -0.15) is 0 Å². The fourth-order valence-corrected chi connectivity index (χ4v) is 4.30. The number of fused-ring (bicyclic) bond motifs is 2. The lowest BCUT2D eigenvalue weighted by Crippen LogP contribution is -2.18. The molecule has 166 valence electrons. The predicted octanol–water partition coefficient (Wildman–Crippen LogP) is 5.07. The van der Waals surface area contributed by atoms with E-state index in [1.54, 1.807) is 0 Å². The van der Waals surface area contributed by atoms with Crippen molar-refractivity contribution in [3.8, 4) is 5.75 Å². The SMILES string of the molecule is Cc1cccc(C2=C(c3ccnc4cc(OCCCN(C)C)ccc34)C3C=CC=C[N+]3=N2)n1. The second kappa shape index (κ2) is 9.08.